The molecule has 0 bridgehead atoms. The number of carbonyl (C=O) groups is 1. The third kappa shape index (κ3) is 3.42. The van der Waals surface area contributed by atoms with Gasteiger partial charge in [0.2, 0.25) is 11.0 Å². The van der Waals surface area contributed by atoms with Crippen LogP contribution < -0.4 is 5.32 Å². The molecular weight excluding hydrogens is 344 g/mol. The molecule has 0 spiro atoms. The summed E-state index contributed by atoms with van der Waals surface area (Å²) < 4.78 is 1.85. The van der Waals surface area contributed by atoms with Crippen molar-refractivity contribution in [2.24, 2.45) is 0 Å². The van der Waals surface area contributed by atoms with Gasteiger partial charge in [-0.1, -0.05) is 23.5 Å². The van der Waals surface area contributed by atoms with Gasteiger partial charge in [0.15, 0.2) is 0 Å². The lowest BCUT2D eigenvalue weighted by Gasteiger charge is -2.10. The number of anilines is 1. The molecule has 3 aromatic rings. The Hall–Kier alpha value is -2.47. The summed E-state index contributed by atoms with van der Waals surface area (Å²) in [5, 5.41) is 8.49. The van der Waals surface area contributed by atoms with Gasteiger partial charge in [-0.2, -0.15) is 5.10 Å². The Morgan fingerprint density at radius 2 is 1.85 bits per heavy atom. The largest absolute Gasteiger partial charge is 0.326 e. The van der Waals surface area contributed by atoms with Crippen molar-refractivity contribution in [3.8, 4) is 5.13 Å². The van der Waals surface area contributed by atoms with Gasteiger partial charge in [-0.15, -0.1) is 0 Å². The van der Waals surface area contributed by atoms with Gasteiger partial charge < -0.3 is 5.32 Å². The fraction of sp³-hybridized carbons (Fsp3) is 0.350. The summed E-state index contributed by atoms with van der Waals surface area (Å²) in [7, 11) is 0. The lowest BCUT2D eigenvalue weighted by molar-refractivity contribution is -0.115. The minimum absolute atomic E-state index is 0.0315. The second-order valence-electron chi connectivity index (χ2n) is 6.67. The van der Waals surface area contributed by atoms with Crippen LogP contribution in [0, 0.1) is 41.5 Å². The molecule has 0 aliphatic carbocycles. The number of amides is 1. The molecule has 136 valence electrons. The molecule has 6 heteroatoms. The van der Waals surface area contributed by atoms with Crippen molar-refractivity contribution >= 4 is 22.9 Å². The Balaban J connectivity index is 1.84. The van der Waals surface area contributed by atoms with Crippen LogP contribution in [0.4, 0.5) is 5.69 Å². The average molecular weight is 369 g/mol. The molecule has 1 amide bonds. The van der Waals surface area contributed by atoms with Crippen molar-refractivity contribution in [3.05, 3.63) is 56.8 Å². The Kier molecular flexibility index (Phi) is 4.96. The van der Waals surface area contributed by atoms with Gasteiger partial charge >= 0.3 is 0 Å². The highest BCUT2D eigenvalue weighted by atomic mass is 32.1. The molecule has 0 fully saturated rings. The van der Waals surface area contributed by atoms with E-state index in [1.54, 1.807) is 11.3 Å². The molecule has 0 aliphatic rings. The van der Waals surface area contributed by atoms with Crippen molar-refractivity contribution in [1.29, 1.82) is 0 Å². The van der Waals surface area contributed by atoms with Crippen molar-refractivity contribution < 1.29 is 4.79 Å². The molecule has 0 saturated heterocycles. The van der Waals surface area contributed by atoms with E-state index in [0.717, 1.165) is 44.6 Å². The van der Waals surface area contributed by atoms with Gasteiger partial charge in [0.05, 0.1) is 17.8 Å². The first-order valence-electron chi connectivity index (χ1n) is 8.63. The number of nitrogens with one attached hydrogen (secondary N) is 1. The maximum absolute atomic E-state index is 12.6. The summed E-state index contributed by atoms with van der Waals surface area (Å²) >= 11 is 1.62. The second kappa shape index (κ2) is 7.03. The first-order chi connectivity index (χ1) is 12.3. The Morgan fingerprint density at radius 3 is 2.50 bits per heavy atom. The van der Waals surface area contributed by atoms with E-state index in [4.69, 9.17) is 0 Å². The van der Waals surface area contributed by atoms with E-state index >= 15 is 0 Å². The minimum Gasteiger partial charge on any atom is -0.326 e. The summed E-state index contributed by atoms with van der Waals surface area (Å²) in [5.41, 5.74) is 6.93. The zero-order valence-electron chi connectivity index (χ0n) is 16.1. The minimum atomic E-state index is -0.0315. The second-order valence-corrected chi connectivity index (χ2v) is 7.85. The topological polar surface area (TPSA) is 59.8 Å². The van der Waals surface area contributed by atoms with Crippen LogP contribution in [-0.4, -0.2) is 20.7 Å². The Labute approximate surface area is 158 Å². The summed E-state index contributed by atoms with van der Waals surface area (Å²) in [5.74, 6) is -0.0315. The number of carbonyl (C=O) groups excluding carboxylic acids is 1. The molecular formula is C20H24N4OS. The maximum Gasteiger partial charge on any atom is 0.228 e. The van der Waals surface area contributed by atoms with Crippen LogP contribution in [-0.2, 0) is 11.2 Å². The SMILES string of the molecule is Cc1cccc(NC(=O)Cc2c(C)nn(-c3nc(C)c(C)s3)c2C)c1C. The molecule has 0 unspecified atom stereocenters. The smallest absolute Gasteiger partial charge is 0.228 e. The van der Waals surface area contributed by atoms with E-state index in [1.165, 1.54) is 4.88 Å². The number of hydrogen-bond donors (Lipinski definition) is 1. The number of hydrogen-bond acceptors (Lipinski definition) is 4. The highest BCUT2D eigenvalue weighted by molar-refractivity contribution is 7.14. The van der Waals surface area contributed by atoms with E-state index in [0.29, 0.717) is 6.42 Å². The molecule has 3 rings (SSSR count). The molecule has 26 heavy (non-hydrogen) atoms. The summed E-state index contributed by atoms with van der Waals surface area (Å²) in [6.07, 6.45) is 0.300. The van der Waals surface area contributed by atoms with Gasteiger partial charge in [-0.25, -0.2) is 9.67 Å². The van der Waals surface area contributed by atoms with Crippen LogP contribution in [0.15, 0.2) is 18.2 Å². The van der Waals surface area contributed by atoms with E-state index < -0.39 is 0 Å². The molecule has 2 heterocycles. The molecule has 1 aromatic carbocycles. The number of nitrogens with zero attached hydrogens (tertiary/aromatic N) is 3. The molecule has 1 N–H and O–H groups in total. The zero-order chi connectivity index (χ0) is 19.0. The standard InChI is InChI=1S/C20H24N4OS/c1-11-8-7-9-18(12(11)2)22-19(25)10-17-14(4)23-24(15(17)5)20-21-13(3)16(6)26-20/h7-9H,10H2,1-6H3,(H,22,25). The highest BCUT2D eigenvalue weighted by Gasteiger charge is 2.18. The Morgan fingerprint density at radius 1 is 1.12 bits per heavy atom. The monoisotopic (exact) mass is 368 g/mol. The number of aromatic nitrogens is 3. The molecule has 0 aliphatic heterocycles. The van der Waals surface area contributed by atoms with Crippen LogP contribution in [0.5, 0.6) is 0 Å². The molecule has 5 nitrogen and oxygen atoms in total. The summed E-state index contributed by atoms with van der Waals surface area (Å²) in [6, 6.07) is 5.94. The fourth-order valence-corrected chi connectivity index (χ4v) is 3.82. The van der Waals surface area contributed by atoms with E-state index in [-0.39, 0.29) is 5.91 Å². The van der Waals surface area contributed by atoms with Gasteiger partial charge in [-0.3, -0.25) is 4.79 Å². The average Bonchev–Trinajstić information content (AvgIpc) is 3.05. The van der Waals surface area contributed by atoms with Crippen LogP contribution in [0.25, 0.3) is 5.13 Å². The summed E-state index contributed by atoms with van der Waals surface area (Å²) in [6.45, 7) is 12.1. The van der Waals surface area contributed by atoms with E-state index in [9.17, 15) is 4.79 Å². The Bertz CT molecular complexity index is 965. The van der Waals surface area contributed by atoms with Gasteiger partial charge in [0, 0.05) is 21.8 Å². The van der Waals surface area contributed by atoms with Crippen LogP contribution in [0.2, 0.25) is 0 Å². The van der Waals surface area contributed by atoms with Gasteiger partial charge in [0.1, 0.15) is 0 Å². The first kappa shape index (κ1) is 18.3. The third-order valence-electron chi connectivity index (χ3n) is 4.86. The quantitative estimate of drug-likeness (QED) is 0.744. The van der Waals surface area contributed by atoms with Crippen molar-refractivity contribution in [2.45, 2.75) is 48.0 Å². The van der Waals surface area contributed by atoms with Crippen molar-refractivity contribution in [3.63, 3.8) is 0 Å². The van der Waals surface area contributed by atoms with Gasteiger partial charge in [-0.05, 0) is 58.7 Å². The fourth-order valence-electron chi connectivity index (χ4n) is 2.90. The normalized spacial score (nSPS) is 11.0. The molecule has 2 aromatic heterocycles. The van der Waals surface area contributed by atoms with Gasteiger partial charge in [0.25, 0.3) is 0 Å². The number of thiazole rings is 1. The van der Waals surface area contributed by atoms with Crippen LogP contribution in [0.3, 0.4) is 0 Å². The molecule has 0 radical (unpaired) electrons. The van der Waals surface area contributed by atoms with Crippen molar-refractivity contribution in [2.75, 3.05) is 5.32 Å². The zero-order valence-corrected chi connectivity index (χ0v) is 16.9. The highest BCUT2D eigenvalue weighted by Crippen LogP contribution is 2.25. The van der Waals surface area contributed by atoms with E-state index in [2.05, 4.69) is 22.3 Å². The van der Waals surface area contributed by atoms with Crippen LogP contribution >= 0.6 is 11.3 Å². The maximum atomic E-state index is 12.6. The number of benzene rings is 1. The molecule has 0 atom stereocenters. The summed E-state index contributed by atoms with van der Waals surface area (Å²) in [4.78, 5) is 18.4. The predicted octanol–water partition coefficient (Wildman–Crippen LogP) is 4.36. The lowest BCUT2D eigenvalue weighted by atomic mass is 10.1. The van der Waals surface area contributed by atoms with E-state index in [1.807, 2.05) is 57.5 Å². The van der Waals surface area contributed by atoms with Crippen LogP contribution in [0.1, 0.15) is 38.6 Å². The molecule has 0 saturated carbocycles. The van der Waals surface area contributed by atoms with Crippen molar-refractivity contribution in [1.82, 2.24) is 14.8 Å². The first-order valence-corrected chi connectivity index (χ1v) is 9.45. The lowest BCUT2D eigenvalue weighted by Crippen LogP contribution is -2.16. The number of rotatable bonds is 4. The third-order valence-corrected chi connectivity index (χ3v) is 5.90. The predicted molar refractivity (Wildman–Crippen MR) is 106 cm³/mol. The number of aryl methyl sites for hydroxylation is 4.